The van der Waals surface area contributed by atoms with E-state index in [1.54, 1.807) is 12.1 Å². The lowest BCUT2D eigenvalue weighted by Crippen LogP contribution is -2.28. The first-order valence-corrected chi connectivity index (χ1v) is 9.42. The van der Waals surface area contributed by atoms with Crippen molar-refractivity contribution < 1.29 is 13.2 Å². The van der Waals surface area contributed by atoms with Crippen LogP contribution in [0, 0.1) is 0 Å². The molecule has 1 aliphatic rings. The number of sulfonamides is 1. The molecule has 0 atom stereocenters. The fourth-order valence-electron chi connectivity index (χ4n) is 1.67. The van der Waals surface area contributed by atoms with Crippen LogP contribution in [0.25, 0.3) is 0 Å². The zero-order chi connectivity index (χ0) is 14.8. The van der Waals surface area contributed by atoms with Gasteiger partial charge < -0.3 is 10.1 Å². The number of hydrogen-bond acceptors (Lipinski definition) is 4. The number of ether oxygens (including phenoxy) is 1. The number of anilines is 1. The summed E-state index contributed by atoms with van der Waals surface area (Å²) in [6.07, 6.45) is 2.28. The average molecular weight is 428 g/mol. The quantitative estimate of drug-likeness (QED) is 0.701. The molecule has 0 bridgehead atoms. The van der Waals surface area contributed by atoms with Gasteiger partial charge in [0.15, 0.2) is 0 Å². The normalized spacial score (nSPS) is 15.2. The standard InChI is InChI=1S/C12H16Br2N2O3S/c1-19-12-7-11(9(13)6-10(12)14)16-20(17,18)5-4-15-8-2-3-8/h6-8,15-16H,2-5H2,1H3. The maximum atomic E-state index is 12.0. The van der Waals surface area contributed by atoms with Crippen LogP contribution in [-0.2, 0) is 10.0 Å². The Morgan fingerprint density at radius 1 is 1.30 bits per heavy atom. The Labute approximate surface area is 135 Å². The third-order valence-electron chi connectivity index (χ3n) is 2.89. The Morgan fingerprint density at radius 3 is 2.60 bits per heavy atom. The second-order valence-corrected chi connectivity index (χ2v) is 8.17. The van der Waals surface area contributed by atoms with E-state index in [4.69, 9.17) is 4.74 Å². The number of rotatable bonds is 7. The molecule has 8 heteroatoms. The molecule has 20 heavy (non-hydrogen) atoms. The van der Waals surface area contributed by atoms with Crippen LogP contribution in [0.2, 0.25) is 0 Å². The van der Waals surface area contributed by atoms with Crippen LogP contribution in [0.5, 0.6) is 5.75 Å². The topological polar surface area (TPSA) is 67.4 Å². The Balaban J connectivity index is 2.03. The molecule has 1 aromatic rings. The highest BCUT2D eigenvalue weighted by molar-refractivity contribution is 9.11. The lowest BCUT2D eigenvalue weighted by Gasteiger charge is -2.12. The van der Waals surface area contributed by atoms with Crippen LogP contribution in [0.15, 0.2) is 21.1 Å². The minimum atomic E-state index is -3.38. The van der Waals surface area contributed by atoms with E-state index >= 15 is 0 Å². The molecule has 0 amide bonds. The van der Waals surface area contributed by atoms with Gasteiger partial charge in [0.1, 0.15) is 5.75 Å². The van der Waals surface area contributed by atoms with Crippen molar-refractivity contribution in [1.29, 1.82) is 0 Å². The van der Waals surface area contributed by atoms with Gasteiger partial charge in [0.2, 0.25) is 10.0 Å². The van der Waals surface area contributed by atoms with Gasteiger partial charge >= 0.3 is 0 Å². The second kappa shape index (κ2) is 6.64. The molecular weight excluding hydrogens is 412 g/mol. The van der Waals surface area contributed by atoms with Crippen molar-refractivity contribution in [3.8, 4) is 5.75 Å². The molecule has 112 valence electrons. The molecule has 2 rings (SSSR count). The van der Waals surface area contributed by atoms with Crippen molar-refractivity contribution in [2.45, 2.75) is 18.9 Å². The van der Waals surface area contributed by atoms with Crippen molar-refractivity contribution in [3.05, 3.63) is 21.1 Å². The van der Waals surface area contributed by atoms with Crippen LogP contribution in [0.3, 0.4) is 0 Å². The number of methoxy groups -OCH3 is 1. The molecule has 0 aliphatic heterocycles. The van der Waals surface area contributed by atoms with Crippen molar-refractivity contribution in [2.24, 2.45) is 0 Å². The molecule has 0 saturated heterocycles. The number of nitrogens with one attached hydrogen (secondary N) is 2. The van der Waals surface area contributed by atoms with Crippen LogP contribution in [0.4, 0.5) is 5.69 Å². The summed E-state index contributed by atoms with van der Waals surface area (Å²) in [4.78, 5) is 0. The monoisotopic (exact) mass is 426 g/mol. The molecule has 0 aromatic heterocycles. The molecule has 1 aromatic carbocycles. The predicted octanol–water partition coefficient (Wildman–Crippen LogP) is 2.71. The van der Waals surface area contributed by atoms with Crippen LogP contribution >= 0.6 is 31.9 Å². The molecular formula is C12H16Br2N2O3S. The van der Waals surface area contributed by atoms with E-state index in [0.717, 1.165) is 17.3 Å². The van der Waals surface area contributed by atoms with Crippen molar-refractivity contribution in [2.75, 3.05) is 24.1 Å². The Hall–Kier alpha value is -0.310. The molecule has 5 nitrogen and oxygen atoms in total. The SMILES string of the molecule is COc1cc(NS(=O)(=O)CCNC2CC2)c(Br)cc1Br. The maximum Gasteiger partial charge on any atom is 0.234 e. The largest absolute Gasteiger partial charge is 0.495 e. The summed E-state index contributed by atoms with van der Waals surface area (Å²) >= 11 is 6.68. The molecule has 0 heterocycles. The van der Waals surface area contributed by atoms with Gasteiger partial charge in [0, 0.05) is 23.1 Å². The van der Waals surface area contributed by atoms with E-state index in [-0.39, 0.29) is 5.75 Å². The summed E-state index contributed by atoms with van der Waals surface area (Å²) in [5, 5.41) is 3.18. The number of halogens is 2. The molecule has 1 aliphatic carbocycles. The zero-order valence-corrected chi connectivity index (χ0v) is 14.9. The van der Waals surface area contributed by atoms with E-state index < -0.39 is 10.0 Å². The summed E-state index contributed by atoms with van der Waals surface area (Å²) in [5.41, 5.74) is 0.469. The Morgan fingerprint density at radius 2 is 2.00 bits per heavy atom. The molecule has 0 spiro atoms. The third-order valence-corrected chi connectivity index (χ3v) is 5.44. The van der Waals surface area contributed by atoms with Gasteiger partial charge in [0.25, 0.3) is 0 Å². The Kier molecular flexibility index (Phi) is 5.33. The van der Waals surface area contributed by atoms with Gasteiger partial charge in [-0.3, -0.25) is 4.72 Å². The molecule has 0 unspecified atom stereocenters. The maximum absolute atomic E-state index is 12.0. The minimum Gasteiger partial charge on any atom is -0.495 e. The van der Waals surface area contributed by atoms with Crippen LogP contribution < -0.4 is 14.8 Å². The first kappa shape index (κ1) is 16.1. The summed E-state index contributed by atoms with van der Waals surface area (Å²) in [6.45, 7) is 0.464. The highest BCUT2D eigenvalue weighted by Crippen LogP contribution is 2.34. The summed E-state index contributed by atoms with van der Waals surface area (Å²) in [6, 6.07) is 3.89. The predicted molar refractivity (Wildman–Crippen MR) is 86.8 cm³/mol. The van der Waals surface area contributed by atoms with E-state index in [0.29, 0.717) is 28.5 Å². The van der Waals surface area contributed by atoms with E-state index in [2.05, 4.69) is 41.9 Å². The highest BCUT2D eigenvalue weighted by atomic mass is 79.9. The van der Waals surface area contributed by atoms with Gasteiger partial charge in [-0.05, 0) is 50.8 Å². The fourth-order valence-corrected chi connectivity index (χ4v) is 4.05. The first-order chi connectivity index (χ1) is 9.41. The van der Waals surface area contributed by atoms with Gasteiger partial charge in [-0.1, -0.05) is 0 Å². The molecule has 2 N–H and O–H groups in total. The first-order valence-electron chi connectivity index (χ1n) is 6.18. The lowest BCUT2D eigenvalue weighted by molar-refractivity contribution is 0.412. The van der Waals surface area contributed by atoms with Gasteiger partial charge in [-0.25, -0.2) is 8.42 Å². The summed E-state index contributed by atoms with van der Waals surface area (Å²) in [7, 11) is -1.84. The van der Waals surface area contributed by atoms with E-state index in [9.17, 15) is 8.42 Å². The highest BCUT2D eigenvalue weighted by Gasteiger charge is 2.21. The van der Waals surface area contributed by atoms with Crippen LogP contribution in [-0.4, -0.2) is 33.9 Å². The lowest BCUT2D eigenvalue weighted by atomic mass is 10.3. The number of hydrogen-bond donors (Lipinski definition) is 2. The smallest absolute Gasteiger partial charge is 0.234 e. The van der Waals surface area contributed by atoms with E-state index in [1.807, 2.05) is 0 Å². The third kappa shape index (κ3) is 4.61. The van der Waals surface area contributed by atoms with Crippen molar-refractivity contribution in [1.82, 2.24) is 5.32 Å². The van der Waals surface area contributed by atoms with Gasteiger partial charge in [-0.2, -0.15) is 0 Å². The van der Waals surface area contributed by atoms with Crippen molar-refractivity contribution >= 4 is 47.6 Å². The number of benzene rings is 1. The van der Waals surface area contributed by atoms with Crippen molar-refractivity contribution in [3.63, 3.8) is 0 Å². The minimum absolute atomic E-state index is 0.0499. The second-order valence-electron chi connectivity index (χ2n) is 4.62. The molecule has 1 fully saturated rings. The van der Waals surface area contributed by atoms with E-state index in [1.165, 1.54) is 7.11 Å². The van der Waals surface area contributed by atoms with Crippen LogP contribution in [0.1, 0.15) is 12.8 Å². The summed E-state index contributed by atoms with van der Waals surface area (Å²) in [5.74, 6) is 0.621. The van der Waals surface area contributed by atoms with Gasteiger partial charge in [-0.15, -0.1) is 0 Å². The zero-order valence-electron chi connectivity index (χ0n) is 10.9. The van der Waals surface area contributed by atoms with Gasteiger partial charge in [0.05, 0.1) is 23.0 Å². The Bertz CT molecular complexity index is 589. The average Bonchev–Trinajstić information content (AvgIpc) is 3.16. The summed E-state index contributed by atoms with van der Waals surface area (Å²) < 4.78 is 33.2. The molecule has 1 saturated carbocycles. The fraction of sp³-hybridized carbons (Fsp3) is 0.500. The molecule has 0 radical (unpaired) electrons.